The number of para-hydroxylation sites is 1. The van der Waals surface area contributed by atoms with Crippen molar-refractivity contribution in [1.82, 2.24) is 10.6 Å². The van der Waals surface area contributed by atoms with Crippen LogP contribution in [0.2, 0.25) is 0 Å². The zero-order chi connectivity index (χ0) is 20.2. The molecule has 5 nitrogen and oxygen atoms in total. The predicted octanol–water partition coefficient (Wildman–Crippen LogP) is 3.51. The Hall–Kier alpha value is -2.74. The van der Waals surface area contributed by atoms with Crippen molar-refractivity contribution >= 4 is 5.96 Å². The van der Waals surface area contributed by atoms with E-state index in [-0.39, 0.29) is 6.61 Å². The van der Waals surface area contributed by atoms with Gasteiger partial charge in [-0.15, -0.1) is 0 Å². The maximum Gasteiger partial charge on any atom is 0.411 e. The van der Waals surface area contributed by atoms with Gasteiger partial charge in [0.05, 0.1) is 13.2 Å². The van der Waals surface area contributed by atoms with Crippen molar-refractivity contribution in [2.45, 2.75) is 19.3 Å². The van der Waals surface area contributed by atoms with Crippen LogP contribution in [0.3, 0.4) is 0 Å². The van der Waals surface area contributed by atoms with Crippen molar-refractivity contribution in [3.63, 3.8) is 0 Å². The Bertz CT molecular complexity index is 720. The molecule has 0 atom stereocenters. The summed E-state index contributed by atoms with van der Waals surface area (Å²) in [6, 6.07) is 16.7. The molecule has 0 fully saturated rings. The highest BCUT2D eigenvalue weighted by molar-refractivity contribution is 5.79. The summed E-state index contributed by atoms with van der Waals surface area (Å²) in [7, 11) is 1.68. The first-order chi connectivity index (χ1) is 13.5. The van der Waals surface area contributed by atoms with Gasteiger partial charge < -0.3 is 20.1 Å². The van der Waals surface area contributed by atoms with E-state index in [2.05, 4.69) is 20.4 Å². The molecule has 28 heavy (non-hydrogen) atoms. The number of nitrogens with zero attached hydrogens (tertiary/aromatic N) is 1. The maximum absolute atomic E-state index is 12.1. The Morgan fingerprint density at radius 3 is 2.29 bits per heavy atom. The average Bonchev–Trinajstić information content (AvgIpc) is 2.68. The molecule has 2 aromatic rings. The van der Waals surface area contributed by atoms with Crippen LogP contribution in [0.4, 0.5) is 13.2 Å². The molecule has 0 saturated carbocycles. The van der Waals surface area contributed by atoms with Crippen LogP contribution in [0.1, 0.15) is 11.1 Å². The Balaban J connectivity index is 1.66. The van der Waals surface area contributed by atoms with E-state index in [0.717, 1.165) is 11.3 Å². The molecule has 0 spiro atoms. The second-order valence-electron chi connectivity index (χ2n) is 5.94. The van der Waals surface area contributed by atoms with Gasteiger partial charge >= 0.3 is 6.18 Å². The molecule has 0 amide bonds. The predicted molar refractivity (Wildman–Crippen MR) is 102 cm³/mol. The Morgan fingerprint density at radius 2 is 1.64 bits per heavy atom. The summed E-state index contributed by atoms with van der Waals surface area (Å²) in [5.41, 5.74) is 1.66. The van der Waals surface area contributed by atoms with E-state index in [1.807, 2.05) is 42.5 Å². The van der Waals surface area contributed by atoms with Crippen LogP contribution in [0.25, 0.3) is 0 Å². The minimum atomic E-state index is -4.31. The smallest absolute Gasteiger partial charge is 0.411 e. The molecule has 2 N–H and O–H groups in total. The number of hydrogen-bond acceptors (Lipinski definition) is 3. The molecule has 2 rings (SSSR count). The fourth-order valence-electron chi connectivity index (χ4n) is 2.30. The molecular weight excluding hydrogens is 371 g/mol. The van der Waals surface area contributed by atoms with Gasteiger partial charge in [0, 0.05) is 13.6 Å². The highest BCUT2D eigenvalue weighted by Gasteiger charge is 2.27. The third-order valence-corrected chi connectivity index (χ3v) is 3.65. The van der Waals surface area contributed by atoms with E-state index in [1.54, 1.807) is 19.2 Å². The standard InChI is InChI=1S/C20H24F3N3O2/c1-24-19(25-11-12-28-18-5-3-2-4-6-18)26-13-16-7-9-17(10-8-16)14-27-15-20(21,22)23/h2-10H,11-15H2,1H3,(H2,24,25,26). The molecule has 0 bridgehead atoms. The SMILES string of the molecule is CN=C(NCCOc1ccccc1)NCc1ccc(COCC(F)(F)F)cc1. The summed E-state index contributed by atoms with van der Waals surface area (Å²) in [4.78, 5) is 4.14. The van der Waals surface area contributed by atoms with Gasteiger partial charge in [0.25, 0.3) is 0 Å². The number of guanidine groups is 1. The average molecular weight is 395 g/mol. The Kier molecular flexibility index (Phi) is 8.61. The van der Waals surface area contributed by atoms with E-state index < -0.39 is 12.8 Å². The van der Waals surface area contributed by atoms with Crippen molar-refractivity contribution in [1.29, 1.82) is 0 Å². The van der Waals surface area contributed by atoms with Crippen LogP contribution in [0.15, 0.2) is 59.6 Å². The first kappa shape index (κ1) is 21.6. The summed E-state index contributed by atoms with van der Waals surface area (Å²) in [5, 5.41) is 6.32. The zero-order valence-corrected chi connectivity index (χ0v) is 15.6. The molecule has 0 unspecified atom stereocenters. The van der Waals surface area contributed by atoms with Crippen LogP contribution < -0.4 is 15.4 Å². The molecule has 0 heterocycles. The summed E-state index contributed by atoms with van der Waals surface area (Å²) in [6.07, 6.45) is -4.31. The lowest BCUT2D eigenvalue weighted by Crippen LogP contribution is -2.38. The van der Waals surface area contributed by atoms with Gasteiger partial charge in [-0.05, 0) is 23.3 Å². The van der Waals surface area contributed by atoms with E-state index in [9.17, 15) is 13.2 Å². The molecule has 8 heteroatoms. The minimum Gasteiger partial charge on any atom is -0.492 e. The zero-order valence-electron chi connectivity index (χ0n) is 15.6. The molecule has 0 aromatic heterocycles. The Morgan fingerprint density at radius 1 is 0.964 bits per heavy atom. The first-order valence-electron chi connectivity index (χ1n) is 8.81. The quantitative estimate of drug-likeness (QED) is 0.388. The molecule has 0 radical (unpaired) electrons. The van der Waals surface area contributed by atoms with Gasteiger partial charge in [-0.3, -0.25) is 4.99 Å². The summed E-state index contributed by atoms with van der Waals surface area (Å²) in [6.45, 7) is 0.300. The fourth-order valence-corrected chi connectivity index (χ4v) is 2.30. The Labute approximate surface area is 162 Å². The van der Waals surface area contributed by atoms with E-state index in [0.29, 0.717) is 31.2 Å². The molecule has 0 aliphatic carbocycles. The number of ether oxygens (including phenoxy) is 2. The van der Waals surface area contributed by atoms with Crippen LogP contribution in [-0.2, 0) is 17.9 Å². The number of halogens is 3. The highest BCUT2D eigenvalue weighted by Crippen LogP contribution is 2.15. The van der Waals surface area contributed by atoms with Crippen LogP contribution in [-0.4, -0.2) is 38.9 Å². The third kappa shape index (κ3) is 8.77. The van der Waals surface area contributed by atoms with Crippen LogP contribution in [0.5, 0.6) is 5.75 Å². The molecule has 0 aliphatic heterocycles. The van der Waals surface area contributed by atoms with Crippen molar-refractivity contribution in [2.24, 2.45) is 4.99 Å². The first-order valence-corrected chi connectivity index (χ1v) is 8.81. The van der Waals surface area contributed by atoms with E-state index in [1.165, 1.54) is 0 Å². The summed E-state index contributed by atoms with van der Waals surface area (Å²) in [5.74, 6) is 1.45. The number of hydrogen-bond donors (Lipinski definition) is 2. The maximum atomic E-state index is 12.1. The van der Waals surface area contributed by atoms with Gasteiger partial charge in [-0.2, -0.15) is 13.2 Å². The second-order valence-corrected chi connectivity index (χ2v) is 5.94. The van der Waals surface area contributed by atoms with Crippen LogP contribution in [0, 0.1) is 0 Å². The monoisotopic (exact) mass is 395 g/mol. The fraction of sp³-hybridized carbons (Fsp3) is 0.350. The highest BCUT2D eigenvalue weighted by atomic mass is 19.4. The molecular formula is C20H24F3N3O2. The third-order valence-electron chi connectivity index (χ3n) is 3.65. The number of alkyl halides is 3. The normalized spacial score (nSPS) is 11.9. The van der Waals surface area contributed by atoms with Crippen molar-refractivity contribution in [2.75, 3.05) is 26.8 Å². The molecule has 2 aromatic carbocycles. The van der Waals surface area contributed by atoms with Gasteiger partial charge in [-0.25, -0.2) is 0 Å². The largest absolute Gasteiger partial charge is 0.492 e. The molecule has 152 valence electrons. The summed E-state index contributed by atoms with van der Waals surface area (Å²) < 4.78 is 46.5. The lowest BCUT2D eigenvalue weighted by atomic mass is 10.1. The second kappa shape index (κ2) is 11.2. The van der Waals surface area contributed by atoms with E-state index in [4.69, 9.17) is 4.74 Å². The topological polar surface area (TPSA) is 54.9 Å². The number of nitrogens with one attached hydrogen (secondary N) is 2. The van der Waals surface area contributed by atoms with Gasteiger partial charge in [0.2, 0.25) is 0 Å². The number of aliphatic imine (C=N–C) groups is 1. The number of rotatable bonds is 9. The summed E-state index contributed by atoms with van der Waals surface area (Å²) >= 11 is 0. The molecule has 0 saturated heterocycles. The number of benzene rings is 2. The lowest BCUT2D eigenvalue weighted by Gasteiger charge is -2.13. The van der Waals surface area contributed by atoms with Crippen molar-refractivity contribution < 1.29 is 22.6 Å². The van der Waals surface area contributed by atoms with Crippen molar-refractivity contribution in [3.8, 4) is 5.75 Å². The minimum absolute atomic E-state index is 0.0716. The van der Waals surface area contributed by atoms with Crippen LogP contribution >= 0.6 is 0 Å². The van der Waals surface area contributed by atoms with Gasteiger partial charge in [-0.1, -0.05) is 42.5 Å². The van der Waals surface area contributed by atoms with E-state index >= 15 is 0 Å². The molecule has 0 aliphatic rings. The van der Waals surface area contributed by atoms with Crippen molar-refractivity contribution in [3.05, 3.63) is 65.7 Å². The van der Waals surface area contributed by atoms with Gasteiger partial charge in [0.15, 0.2) is 5.96 Å². The van der Waals surface area contributed by atoms with Gasteiger partial charge in [0.1, 0.15) is 19.0 Å². The lowest BCUT2D eigenvalue weighted by molar-refractivity contribution is -0.176.